The zero-order chi connectivity index (χ0) is 9.14. The van der Waals surface area contributed by atoms with Crippen LogP contribution >= 0.6 is 0 Å². The molecule has 66 valence electrons. The summed E-state index contributed by atoms with van der Waals surface area (Å²) in [6.45, 7) is 3.90. The van der Waals surface area contributed by atoms with Crippen LogP contribution in [0.3, 0.4) is 0 Å². The molecule has 0 bridgehead atoms. The smallest absolute Gasteiger partial charge is 0.213 e. The Labute approximate surface area is 71.8 Å². The van der Waals surface area contributed by atoms with Gasteiger partial charge in [0.15, 0.2) is 0 Å². The van der Waals surface area contributed by atoms with Gasteiger partial charge in [0.05, 0.1) is 0 Å². The van der Waals surface area contributed by atoms with Gasteiger partial charge in [-0.3, -0.25) is 0 Å². The predicted molar refractivity (Wildman–Crippen MR) is 46.4 cm³/mol. The van der Waals surface area contributed by atoms with Gasteiger partial charge in [0.2, 0.25) is 5.95 Å². The summed E-state index contributed by atoms with van der Waals surface area (Å²) in [5.41, 5.74) is 1.98. The first-order chi connectivity index (χ1) is 5.65. The van der Waals surface area contributed by atoms with E-state index in [0.29, 0.717) is 0 Å². The largest absolute Gasteiger partial charge is 0.313 e. The van der Waals surface area contributed by atoms with Crippen molar-refractivity contribution in [3.05, 3.63) is 29.3 Å². The van der Waals surface area contributed by atoms with Gasteiger partial charge in [-0.2, -0.15) is 4.39 Å². The molecule has 0 saturated carbocycles. The Kier molecular flexibility index (Phi) is 2.76. The molecule has 1 atom stereocenters. The van der Waals surface area contributed by atoms with Gasteiger partial charge in [-0.25, -0.2) is 4.98 Å². The molecule has 0 aromatic carbocycles. The molecule has 2 nitrogen and oxygen atoms in total. The second-order valence-electron chi connectivity index (χ2n) is 2.87. The summed E-state index contributed by atoms with van der Waals surface area (Å²) in [5, 5.41) is 3.08. The molecule has 1 N–H and O–H groups in total. The normalized spacial score (nSPS) is 13.0. The first-order valence-corrected chi connectivity index (χ1v) is 3.94. The molecule has 0 spiro atoms. The maximum atomic E-state index is 12.6. The fraction of sp³-hybridized carbons (Fsp3) is 0.444. The van der Waals surface area contributed by atoms with E-state index in [1.807, 2.05) is 20.9 Å². The van der Waals surface area contributed by atoms with Crippen molar-refractivity contribution in [2.45, 2.75) is 19.9 Å². The first kappa shape index (κ1) is 9.13. The van der Waals surface area contributed by atoms with Crippen LogP contribution in [0, 0.1) is 12.9 Å². The van der Waals surface area contributed by atoms with Crippen molar-refractivity contribution in [2.75, 3.05) is 7.05 Å². The zero-order valence-electron chi connectivity index (χ0n) is 7.56. The van der Waals surface area contributed by atoms with Crippen LogP contribution in [0.1, 0.15) is 24.1 Å². The molecule has 0 saturated heterocycles. The second kappa shape index (κ2) is 3.63. The molecule has 1 aromatic rings. The maximum Gasteiger partial charge on any atom is 0.213 e. The van der Waals surface area contributed by atoms with Gasteiger partial charge in [-0.15, -0.1) is 0 Å². The average molecular weight is 168 g/mol. The number of pyridine rings is 1. The number of halogens is 1. The number of hydrogen-bond donors (Lipinski definition) is 1. The average Bonchev–Trinajstić information content (AvgIpc) is 2.03. The topological polar surface area (TPSA) is 24.9 Å². The predicted octanol–water partition coefficient (Wildman–Crippen LogP) is 1.81. The van der Waals surface area contributed by atoms with Gasteiger partial charge in [-0.1, -0.05) is 0 Å². The SMILES string of the molecule is CNC(C)c1cnc(F)cc1C. The first-order valence-electron chi connectivity index (χ1n) is 3.94. The number of nitrogens with one attached hydrogen (secondary N) is 1. The minimum atomic E-state index is -0.417. The Balaban J connectivity index is 3.01. The molecular formula is C9H13FN2. The fourth-order valence-corrected chi connectivity index (χ4v) is 1.14. The van der Waals surface area contributed by atoms with E-state index in [9.17, 15) is 4.39 Å². The van der Waals surface area contributed by atoms with Gasteiger partial charge >= 0.3 is 0 Å². The molecule has 0 aliphatic carbocycles. The molecule has 1 aromatic heterocycles. The summed E-state index contributed by atoms with van der Waals surface area (Å²) in [6.07, 6.45) is 1.58. The Morgan fingerprint density at radius 3 is 2.75 bits per heavy atom. The third-order valence-corrected chi connectivity index (χ3v) is 2.02. The van der Waals surface area contributed by atoms with Crippen LogP contribution in [0.5, 0.6) is 0 Å². The van der Waals surface area contributed by atoms with Crippen LogP contribution < -0.4 is 5.32 Å². The summed E-state index contributed by atoms with van der Waals surface area (Å²) >= 11 is 0. The van der Waals surface area contributed by atoms with E-state index >= 15 is 0 Å². The number of aromatic nitrogens is 1. The zero-order valence-corrected chi connectivity index (χ0v) is 7.56. The molecule has 12 heavy (non-hydrogen) atoms. The summed E-state index contributed by atoms with van der Waals surface area (Å²) in [7, 11) is 1.87. The van der Waals surface area contributed by atoms with Crippen LogP contribution in [0.25, 0.3) is 0 Å². The van der Waals surface area contributed by atoms with Crippen molar-refractivity contribution >= 4 is 0 Å². The number of rotatable bonds is 2. The van der Waals surface area contributed by atoms with E-state index < -0.39 is 5.95 Å². The van der Waals surface area contributed by atoms with E-state index in [1.165, 1.54) is 6.07 Å². The monoisotopic (exact) mass is 168 g/mol. The number of nitrogens with zero attached hydrogens (tertiary/aromatic N) is 1. The highest BCUT2D eigenvalue weighted by molar-refractivity contribution is 5.24. The molecule has 1 unspecified atom stereocenters. The molecule has 1 rings (SSSR count). The summed E-state index contributed by atoms with van der Waals surface area (Å²) in [4.78, 5) is 3.60. The summed E-state index contributed by atoms with van der Waals surface area (Å²) in [6, 6.07) is 1.67. The van der Waals surface area contributed by atoms with Crippen LogP contribution in [0.4, 0.5) is 4.39 Å². The molecule has 0 aliphatic rings. The lowest BCUT2D eigenvalue weighted by molar-refractivity contribution is 0.573. The third kappa shape index (κ3) is 1.80. The van der Waals surface area contributed by atoms with Gasteiger partial charge in [0.1, 0.15) is 0 Å². The lowest BCUT2D eigenvalue weighted by atomic mass is 10.1. The van der Waals surface area contributed by atoms with Crippen LogP contribution in [0.15, 0.2) is 12.3 Å². The van der Waals surface area contributed by atoms with E-state index in [2.05, 4.69) is 10.3 Å². The van der Waals surface area contributed by atoms with Crippen molar-refractivity contribution in [2.24, 2.45) is 0 Å². The number of aryl methyl sites for hydroxylation is 1. The Morgan fingerprint density at radius 2 is 2.25 bits per heavy atom. The lowest BCUT2D eigenvalue weighted by Crippen LogP contribution is -2.14. The highest BCUT2D eigenvalue weighted by atomic mass is 19.1. The molecule has 0 radical (unpaired) electrons. The van der Waals surface area contributed by atoms with Crippen molar-refractivity contribution in [3.8, 4) is 0 Å². The van der Waals surface area contributed by atoms with E-state index in [-0.39, 0.29) is 6.04 Å². The quantitative estimate of drug-likeness (QED) is 0.681. The Morgan fingerprint density at radius 1 is 1.58 bits per heavy atom. The standard InChI is InChI=1S/C9H13FN2/c1-6-4-9(10)12-5-8(6)7(2)11-3/h4-5,7,11H,1-3H3. The summed E-state index contributed by atoms with van der Waals surface area (Å²) < 4.78 is 12.6. The second-order valence-corrected chi connectivity index (χ2v) is 2.87. The van der Waals surface area contributed by atoms with Crippen molar-refractivity contribution in [1.29, 1.82) is 0 Å². The minimum Gasteiger partial charge on any atom is -0.313 e. The fourth-order valence-electron chi connectivity index (χ4n) is 1.14. The van der Waals surface area contributed by atoms with Gasteiger partial charge in [-0.05, 0) is 38.1 Å². The lowest BCUT2D eigenvalue weighted by Gasteiger charge is -2.12. The molecule has 0 amide bonds. The van der Waals surface area contributed by atoms with E-state index in [1.54, 1.807) is 6.20 Å². The van der Waals surface area contributed by atoms with Crippen molar-refractivity contribution < 1.29 is 4.39 Å². The van der Waals surface area contributed by atoms with Crippen LogP contribution in [0.2, 0.25) is 0 Å². The van der Waals surface area contributed by atoms with Crippen LogP contribution in [-0.4, -0.2) is 12.0 Å². The van der Waals surface area contributed by atoms with Crippen molar-refractivity contribution in [1.82, 2.24) is 10.3 Å². The molecule has 3 heteroatoms. The summed E-state index contributed by atoms with van der Waals surface area (Å²) in [5.74, 6) is -0.417. The van der Waals surface area contributed by atoms with E-state index in [0.717, 1.165) is 11.1 Å². The van der Waals surface area contributed by atoms with Crippen LogP contribution in [-0.2, 0) is 0 Å². The van der Waals surface area contributed by atoms with Crippen molar-refractivity contribution in [3.63, 3.8) is 0 Å². The van der Waals surface area contributed by atoms with E-state index in [4.69, 9.17) is 0 Å². The highest BCUT2D eigenvalue weighted by Gasteiger charge is 2.06. The highest BCUT2D eigenvalue weighted by Crippen LogP contribution is 2.15. The molecule has 0 fully saturated rings. The molecular weight excluding hydrogens is 155 g/mol. The number of hydrogen-bond acceptors (Lipinski definition) is 2. The third-order valence-electron chi connectivity index (χ3n) is 2.02. The maximum absolute atomic E-state index is 12.6. The van der Waals surface area contributed by atoms with Gasteiger partial charge < -0.3 is 5.32 Å². The minimum absolute atomic E-state index is 0.220. The van der Waals surface area contributed by atoms with Gasteiger partial charge in [0.25, 0.3) is 0 Å². The molecule has 0 aliphatic heterocycles. The molecule has 1 heterocycles. The Hall–Kier alpha value is -0.960. The Bertz CT molecular complexity index is 273. The van der Waals surface area contributed by atoms with Gasteiger partial charge in [0, 0.05) is 12.2 Å².